The van der Waals surface area contributed by atoms with Crippen molar-refractivity contribution in [3.05, 3.63) is 35.5 Å². The van der Waals surface area contributed by atoms with E-state index in [2.05, 4.69) is 0 Å². The quantitative estimate of drug-likeness (QED) is 0.755. The summed E-state index contributed by atoms with van der Waals surface area (Å²) in [4.78, 5) is 21.5. The summed E-state index contributed by atoms with van der Waals surface area (Å²) < 4.78 is 1.73. The van der Waals surface area contributed by atoms with Gasteiger partial charge in [0.1, 0.15) is 6.29 Å². The van der Waals surface area contributed by atoms with Gasteiger partial charge < -0.3 is 9.67 Å². The minimum Gasteiger partial charge on any atom is -0.478 e. The topological polar surface area (TPSA) is 59.3 Å². The van der Waals surface area contributed by atoms with Crippen molar-refractivity contribution >= 4 is 23.2 Å². The number of carboxylic acids is 1. The lowest BCUT2D eigenvalue weighted by Crippen LogP contribution is -1.94. The van der Waals surface area contributed by atoms with Gasteiger partial charge in [-0.15, -0.1) is 0 Å². The highest BCUT2D eigenvalue weighted by Gasteiger charge is 2.12. The number of aldehydes is 1. The van der Waals surface area contributed by atoms with Gasteiger partial charge in [-0.3, -0.25) is 4.79 Å². The number of aromatic nitrogens is 1. The smallest absolute Gasteiger partial charge is 0.337 e. The van der Waals surface area contributed by atoms with Gasteiger partial charge in [0.25, 0.3) is 0 Å². The molecule has 2 rings (SSSR count). The first-order chi connectivity index (χ1) is 7.13. The maximum absolute atomic E-state index is 10.9. The number of aryl methyl sites for hydroxylation is 1. The Morgan fingerprint density at radius 2 is 2.20 bits per heavy atom. The maximum Gasteiger partial charge on any atom is 0.337 e. The number of rotatable bonds is 2. The predicted molar refractivity (Wildman–Crippen MR) is 55.3 cm³/mol. The Bertz CT molecular complexity index is 554. The lowest BCUT2D eigenvalue weighted by atomic mass is 10.1. The molecule has 0 aliphatic carbocycles. The van der Waals surface area contributed by atoms with E-state index in [1.54, 1.807) is 36.0 Å². The molecule has 76 valence electrons. The molecule has 1 heterocycles. The third kappa shape index (κ3) is 1.40. The van der Waals surface area contributed by atoms with Crippen molar-refractivity contribution in [2.75, 3.05) is 0 Å². The molecule has 0 aliphatic rings. The average molecular weight is 203 g/mol. The second-order valence-corrected chi connectivity index (χ2v) is 3.35. The van der Waals surface area contributed by atoms with Gasteiger partial charge in [0.05, 0.1) is 5.56 Å². The maximum atomic E-state index is 10.9. The summed E-state index contributed by atoms with van der Waals surface area (Å²) in [6.45, 7) is 0. The fraction of sp³-hybridized carbons (Fsp3) is 0.0909. The van der Waals surface area contributed by atoms with E-state index < -0.39 is 5.97 Å². The van der Waals surface area contributed by atoms with Crippen LogP contribution in [0.25, 0.3) is 10.9 Å². The molecule has 2 aromatic rings. The third-order valence-corrected chi connectivity index (χ3v) is 2.38. The predicted octanol–water partition coefficient (Wildman–Crippen LogP) is 1.69. The first-order valence-corrected chi connectivity index (χ1v) is 4.41. The molecule has 0 bridgehead atoms. The van der Waals surface area contributed by atoms with Crippen molar-refractivity contribution in [3.63, 3.8) is 0 Å². The molecule has 0 spiro atoms. The van der Waals surface area contributed by atoms with Crippen LogP contribution in [-0.4, -0.2) is 21.9 Å². The molecule has 0 unspecified atom stereocenters. The number of aromatic carboxylic acids is 1. The third-order valence-electron chi connectivity index (χ3n) is 2.38. The summed E-state index contributed by atoms with van der Waals surface area (Å²) in [6.07, 6.45) is 2.25. The van der Waals surface area contributed by atoms with Crippen LogP contribution in [-0.2, 0) is 7.05 Å². The van der Waals surface area contributed by atoms with Crippen LogP contribution in [0.2, 0.25) is 0 Å². The van der Waals surface area contributed by atoms with Crippen molar-refractivity contribution in [3.8, 4) is 0 Å². The van der Waals surface area contributed by atoms with Crippen LogP contribution in [0.5, 0.6) is 0 Å². The second kappa shape index (κ2) is 3.24. The van der Waals surface area contributed by atoms with Crippen molar-refractivity contribution in [2.45, 2.75) is 0 Å². The number of hydrogen-bond acceptors (Lipinski definition) is 2. The molecule has 4 nitrogen and oxygen atoms in total. The van der Waals surface area contributed by atoms with Crippen molar-refractivity contribution in [2.24, 2.45) is 7.05 Å². The van der Waals surface area contributed by atoms with Crippen LogP contribution >= 0.6 is 0 Å². The summed E-state index contributed by atoms with van der Waals surface area (Å²) in [7, 11) is 1.77. The zero-order valence-electron chi connectivity index (χ0n) is 8.10. The monoisotopic (exact) mass is 203 g/mol. The molecule has 1 aromatic carbocycles. The Labute approximate surface area is 85.7 Å². The molecule has 0 saturated carbocycles. The van der Waals surface area contributed by atoms with E-state index in [9.17, 15) is 9.59 Å². The number of carboxylic acid groups (broad SMARTS) is 1. The molecule has 0 saturated heterocycles. The van der Waals surface area contributed by atoms with Crippen LogP contribution in [0.15, 0.2) is 24.4 Å². The Hall–Kier alpha value is -2.10. The van der Waals surface area contributed by atoms with Gasteiger partial charge >= 0.3 is 5.97 Å². The van der Waals surface area contributed by atoms with E-state index in [-0.39, 0.29) is 5.56 Å². The normalized spacial score (nSPS) is 10.5. The van der Waals surface area contributed by atoms with Crippen LogP contribution in [0.1, 0.15) is 20.7 Å². The van der Waals surface area contributed by atoms with Gasteiger partial charge in [0, 0.05) is 29.7 Å². The Morgan fingerprint density at radius 3 is 2.80 bits per heavy atom. The number of benzene rings is 1. The Kier molecular flexibility index (Phi) is 2.04. The summed E-state index contributed by atoms with van der Waals surface area (Å²) in [5.41, 5.74) is 1.51. The van der Waals surface area contributed by atoms with E-state index >= 15 is 0 Å². The number of carbonyl (C=O) groups excluding carboxylic acids is 1. The van der Waals surface area contributed by atoms with Gasteiger partial charge in [-0.1, -0.05) is 0 Å². The number of hydrogen-bond donors (Lipinski definition) is 1. The lowest BCUT2D eigenvalue weighted by molar-refractivity contribution is 0.0698. The van der Waals surface area contributed by atoms with Gasteiger partial charge in [0.15, 0.2) is 0 Å². The molecule has 0 radical (unpaired) electrons. The van der Waals surface area contributed by atoms with E-state index in [1.807, 2.05) is 0 Å². The summed E-state index contributed by atoms with van der Waals surface area (Å²) >= 11 is 0. The highest BCUT2D eigenvalue weighted by Crippen LogP contribution is 2.21. The molecule has 0 fully saturated rings. The zero-order chi connectivity index (χ0) is 11.0. The molecule has 4 heteroatoms. The molecule has 1 aromatic heterocycles. The molecule has 0 atom stereocenters. The van der Waals surface area contributed by atoms with Gasteiger partial charge in [-0.2, -0.15) is 0 Å². The summed E-state index contributed by atoms with van der Waals surface area (Å²) in [6, 6.07) is 5.00. The number of nitrogens with zero attached hydrogens (tertiary/aromatic N) is 1. The minimum absolute atomic E-state index is 0.219. The second-order valence-electron chi connectivity index (χ2n) is 3.35. The van der Waals surface area contributed by atoms with Crippen molar-refractivity contribution in [1.29, 1.82) is 0 Å². The Balaban J connectivity index is 2.82. The van der Waals surface area contributed by atoms with Crippen LogP contribution in [0.4, 0.5) is 0 Å². The van der Waals surface area contributed by atoms with E-state index in [0.29, 0.717) is 17.2 Å². The largest absolute Gasteiger partial charge is 0.478 e. The first kappa shape index (κ1) is 9.45. The molecular weight excluding hydrogens is 194 g/mol. The SMILES string of the molecule is Cn1cc(C(=O)O)c2cc(C=O)ccc21. The standard InChI is InChI=1S/C11H9NO3/c1-12-5-9(11(14)15)8-4-7(6-13)2-3-10(8)12/h2-6H,1H3,(H,14,15). The van der Waals surface area contributed by atoms with Crippen molar-refractivity contribution < 1.29 is 14.7 Å². The van der Waals surface area contributed by atoms with Crippen molar-refractivity contribution in [1.82, 2.24) is 4.57 Å². The average Bonchev–Trinajstić information content (AvgIpc) is 2.56. The van der Waals surface area contributed by atoms with Gasteiger partial charge in [-0.25, -0.2) is 4.79 Å². The minimum atomic E-state index is -0.983. The molecule has 0 amide bonds. The van der Waals surface area contributed by atoms with E-state index in [4.69, 9.17) is 5.11 Å². The lowest BCUT2D eigenvalue weighted by Gasteiger charge is -1.96. The van der Waals surface area contributed by atoms with Gasteiger partial charge in [0.2, 0.25) is 0 Å². The summed E-state index contributed by atoms with van der Waals surface area (Å²) in [5.74, 6) is -0.983. The van der Waals surface area contributed by atoms with Crippen LogP contribution in [0.3, 0.4) is 0 Å². The van der Waals surface area contributed by atoms with E-state index in [1.165, 1.54) is 0 Å². The molecule has 0 aliphatic heterocycles. The summed E-state index contributed by atoms with van der Waals surface area (Å²) in [5, 5.41) is 9.55. The fourth-order valence-corrected chi connectivity index (χ4v) is 1.65. The molecular formula is C11H9NO3. The van der Waals surface area contributed by atoms with E-state index in [0.717, 1.165) is 5.52 Å². The zero-order valence-corrected chi connectivity index (χ0v) is 8.10. The Morgan fingerprint density at radius 1 is 1.47 bits per heavy atom. The van der Waals surface area contributed by atoms with Crippen LogP contribution in [0, 0.1) is 0 Å². The molecule has 1 N–H and O–H groups in total. The molecule has 15 heavy (non-hydrogen) atoms. The first-order valence-electron chi connectivity index (χ1n) is 4.41. The van der Waals surface area contributed by atoms with Gasteiger partial charge in [-0.05, 0) is 18.2 Å². The fourth-order valence-electron chi connectivity index (χ4n) is 1.65. The number of fused-ring (bicyclic) bond motifs is 1. The highest BCUT2D eigenvalue weighted by molar-refractivity contribution is 6.04. The number of carbonyl (C=O) groups is 2. The van der Waals surface area contributed by atoms with Crippen LogP contribution < -0.4 is 0 Å². The highest BCUT2D eigenvalue weighted by atomic mass is 16.4.